The van der Waals surface area contributed by atoms with Crippen molar-refractivity contribution in [1.82, 2.24) is 4.90 Å². The lowest BCUT2D eigenvalue weighted by Gasteiger charge is -2.34. The van der Waals surface area contributed by atoms with E-state index in [0.29, 0.717) is 17.8 Å². The van der Waals surface area contributed by atoms with E-state index >= 15 is 0 Å². The maximum absolute atomic E-state index is 9.97. The van der Waals surface area contributed by atoms with Gasteiger partial charge < -0.3 is 5.11 Å². The van der Waals surface area contributed by atoms with Gasteiger partial charge in [0.05, 0.1) is 0 Å². The van der Waals surface area contributed by atoms with Crippen LogP contribution in [0.15, 0.2) is 24.3 Å². The van der Waals surface area contributed by atoms with Crippen molar-refractivity contribution in [2.45, 2.75) is 71.0 Å². The average molecular weight is 261 g/mol. The Balaban J connectivity index is 2.09. The molecule has 0 bridgehead atoms. The highest BCUT2D eigenvalue weighted by Crippen LogP contribution is 2.27. The maximum Gasteiger partial charge on any atom is 0.120 e. The molecule has 1 saturated carbocycles. The molecule has 1 aromatic carbocycles. The molecule has 0 heterocycles. The second-order valence-electron chi connectivity index (χ2n) is 6.04. The van der Waals surface area contributed by atoms with Crippen LogP contribution in [-0.2, 0) is 6.54 Å². The van der Waals surface area contributed by atoms with Gasteiger partial charge in [0.25, 0.3) is 0 Å². The quantitative estimate of drug-likeness (QED) is 0.816. The van der Waals surface area contributed by atoms with E-state index < -0.39 is 0 Å². The van der Waals surface area contributed by atoms with E-state index in [1.807, 2.05) is 18.2 Å². The smallest absolute Gasteiger partial charge is 0.120 e. The van der Waals surface area contributed by atoms with Crippen molar-refractivity contribution in [3.8, 4) is 5.75 Å². The minimum absolute atomic E-state index is 0.432. The molecule has 0 amide bonds. The maximum atomic E-state index is 9.97. The predicted octanol–water partition coefficient (Wildman–Crippen LogP) is 4.33. The van der Waals surface area contributed by atoms with Crippen LogP contribution in [0.2, 0.25) is 0 Å². The van der Waals surface area contributed by atoms with Crippen LogP contribution in [0.3, 0.4) is 0 Å². The third kappa shape index (κ3) is 3.97. The van der Waals surface area contributed by atoms with Gasteiger partial charge in [-0.15, -0.1) is 0 Å². The first-order chi connectivity index (χ1) is 9.18. The molecule has 2 nitrogen and oxygen atoms in total. The van der Waals surface area contributed by atoms with Gasteiger partial charge in [0.1, 0.15) is 5.75 Å². The van der Waals surface area contributed by atoms with E-state index in [1.54, 1.807) is 6.07 Å². The molecule has 0 unspecified atom stereocenters. The number of nitrogens with zero attached hydrogens (tertiary/aromatic N) is 1. The first-order valence-electron chi connectivity index (χ1n) is 7.71. The van der Waals surface area contributed by atoms with E-state index in [4.69, 9.17) is 0 Å². The van der Waals surface area contributed by atoms with Crippen molar-refractivity contribution in [1.29, 1.82) is 0 Å². The van der Waals surface area contributed by atoms with Crippen molar-refractivity contribution in [2.24, 2.45) is 0 Å². The van der Waals surface area contributed by atoms with E-state index in [0.717, 1.165) is 12.1 Å². The zero-order valence-corrected chi connectivity index (χ0v) is 12.3. The number of benzene rings is 1. The highest BCUT2D eigenvalue weighted by Gasteiger charge is 2.23. The molecule has 1 aliphatic carbocycles. The predicted molar refractivity (Wildman–Crippen MR) is 80.3 cm³/mol. The fourth-order valence-corrected chi connectivity index (χ4v) is 3.16. The van der Waals surface area contributed by atoms with Gasteiger partial charge in [-0.3, -0.25) is 4.90 Å². The summed E-state index contributed by atoms with van der Waals surface area (Å²) in [5.41, 5.74) is 1.06. The summed E-state index contributed by atoms with van der Waals surface area (Å²) in [6, 6.07) is 8.96. The Bertz CT molecular complexity index is 381. The Morgan fingerprint density at radius 1 is 1.11 bits per heavy atom. The molecular formula is C17H27NO. The zero-order valence-electron chi connectivity index (χ0n) is 12.3. The summed E-state index contributed by atoms with van der Waals surface area (Å²) in [6.07, 6.45) is 8.11. The Morgan fingerprint density at radius 3 is 2.32 bits per heavy atom. The normalized spacial score (nSPS) is 17.9. The van der Waals surface area contributed by atoms with Gasteiger partial charge in [0.2, 0.25) is 0 Å². The number of para-hydroxylation sites is 1. The van der Waals surface area contributed by atoms with Crippen molar-refractivity contribution in [3.05, 3.63) is 29.8 Å². The van der Waals surface area contributed by atoms with Crippen LogP contribution in [0.5, 0.6) is 5.75 Å². The molecule has 2 heteroatoms. The van der Waals surface area contributed by atoms with Gasteiger partial charge in [-0.25, -0.2) is 0 Å². The van der Waals surface area contributed by atoms with E-state index in [1.165, 1.54) is 38.5 Å². The van der Waals surface area contributed by atoms with Gasteiger partial charge in [-0.05, 0) is 32.8 Å². The topological polar surface area (TPSA) is 23.5 Å². The molecule has 0 aliphatic heterocycles. The fourth-order valence-electron chi connectivity index (χ4n) is 3.16. The SMILES string of the molecule is CC(C)N(Cc1ccccc1O)C1CCCCCC1. The molecule has 1 fully saturated rings. The Hall–Kier alpha value is -1.02. The van der Waals surface area contributed by atoms with Crippen LogP contribution in [0, 0.1) is 0 Å². The molecule has 1 aliphatic rings. The monoisotopic (exact) mass is 261 g/mol. The summed E-state index contributed by atoms with van der Waals surface area (Å²) >= 11 is 0. The molecule has 0 atom stereocenters. The molecule has 0 saturated heterocycles. The number of aromatic hydroxyl groups is 1. The second kappa shape index (κ2) is 6.95. The summed E-state index contributed by atoms with van der Waals surface area (Å²) < 4.78 is 0. The number of rotatable bonds is 4. The van der Waals surface area contributed by atoms with Gasteiger partial charge in [0, 0.05) is 24.2 Å². The van der Waals surface area contributed by atoms with E-state index in [9.17, 15) is 5.11 Å². The first kappa shape index (κ1) is 14.4. The average Bonchev–Trinajstić information content (AvgIpc) is 2.66. The molecule has 106 valence electrons. The largest absolute Gasteiger partial charge is 0.508 e. The zero-order chi connectivity index (χ0) is 13.7. The molecule has 0 spiro atoms. The second-order valence-corrected chi connectivity index (χ2v) is 6.04. The van der Waals surface area contributed by atoms with Crippen molar-refractivity contribution >= 4 is 0 Å². The lowest BCUT2D eigenvalue weighted by Crippen LogP contribution is -2.39. The lowest BCUT2D eigenvalue weighted by molar-refractivity contribution is 0.129. The van der Waals surface area contributed by atoms with Crippen LogP contribution in [-0.4, -0.2) is 22.1 Å². The molecule has 0 radical (unpaired) electrons. The van der Waals surface area contributed by atoms with Gasteiger partial charge in [-0.2, -0.15) is 0 Å². The third-order valence-electron chi connectivity index (χ3n) is 4.30. The highest BCUT2D eigenvalue weighted by atomic mass is 16.3. The third-order valence-corrected chi connectivity index (χ3v) is 4.30. The first-order valence-corrected chi connectivity index (χ1v) is 7.71. The number of phenolic OH excluding ortho intramolecular Hbond substituents is 1. The summed E-state index contributed by atoms with van der Waals surface area (Å²) in [6.45, 7) is 5.41. The highest BCUT2D eigenvalue weighted by molar-refractivity contribution is 5.31. The van der Waals surface area contributed by atoms with Gasteiger partial charge >= 0.3 is 0 Å². The minimum Gasteiger partial charge on any atom is -0.508 e. The number of hydrogen-bond acceptors (Lipinski definition) is 2. The summed E-state index contributed by atoms with van der Waals surface area (Å²) in [7, 11) is 0. The summed E-state index contributed by atoms with van der Waals surface area (Å²) in [4.78, 5) is 2.57. The van der Waals surface area contributed by atoms with Gasteiger partial charge in [0.15, 0.2) is 0 Å². The summed E-state index contributed by atoms with van der Waals surface area (Å²) in [5, 5.41) is 9.97. The molecule has 1 N–H and O–H groups in total. The van der Waals surface area contributed by atoms with Crippen molar-refractivity contribution in [3.63, 3.8) is 0 Å². The Labute approximate surface area is 117 Å². The summed E-state index contributed by atoms with van der Waals surface area (Å²) in [5.74, 6) is 0.432. The minimum atomic E-state index is 0.432. The molecular weight excluding hydrogens is 234 g/mol. The van der Waals surface area contributed by atoms with Crippen LogP contribution < -0.4 is 0 Å². The number of phenols is 1. The van der Waals surface area contributed by atoms with Crippen LogP contribution >= 0.6 is 0 Å². The van der Waals surface area contributed by atoms with E-state index in [-0.39, 0.29) is 0 Å². The van der Waals surface area contributed by atoms with Crippen LogP contribution in [0.4, 0.5) is 0 Å². The Morgan fingerprint density at radius 2 is 1.74 bits per heavy atom. The van der Waals surface area contributed by atoms with Crippen LogP contribution in [0.1, 0.15) is 57.9 Å². The van der Waals surface area contributed by atoms with E-state index in [2.05, 4.69) is 18.7 Å². The van der Waals surface area contributed by atoms with Gasteiger partial charge in [-0.1, -0.05) is 43.9 Å². The lowest BCUT2D eigenvalue weighted by atomic mass is 10.0. The standard InChI is InChI=1S/C17H27NO/c1-14(2)18(16-10-5-3-4-6-11-16)13-15-9-7-8-12-17(15)19/h7-9,12,14,16,19H,3-6,10-11,13H2,1-2H3. The molecule has 19 heavy (non-hydrogen) atoms. The Kier molecular flexibility index (Phi) is 5.26. The van der Waals surface area contributed by atoms with Crippen molar-refractivity contribution in [2.75, 3.05) is 0 Å². The molecule has 0 aromatic heterocycles. The van der Waals surface area contributed by atoms with Crippen molar-refractivity contribution < 1.29 is 5.11 Å². The van der Waals surface area contributed by atoms with Crippen LogP contribution in [0.25, 0.3) is 0 Å². The molecule has 1 aromatic rings. The number of hydrogen-bond donors (Lipinski definition) is 1. The fraction of sp³-hybridized carbons (Fsp3) is 0.647. The molecule has 2 rings (SSSR count).